The van der Waals surface area contributed by atoms with Crippen molar-refractivity contribution in [3.05, 3.63) is 20.8 Å². The van der Waals surface area contributed by atoms with Gasteiger partial charge in [-0.3, -0.25) is 35.2 Å². The number of carboxylic acid groups (broad SMARTS) is 3. The zero-order chi connectivity index (χ0) is 12.7. The molecule has 0 aliphatic carbocycles. The maximum absolute atomic E-state index is 8.89. The molecule has 0 amide bonds. The Bertz CT molecular complexity index is 149. The summed E-state index contributed by atoms with van der Waals surface area (Å²) in [5.74, 6) is -3.25. The summed E-state index contributed by atoms with van der Waals surface area (Å²) in [6.45, 7) is 7.67. The summed E-state index contributed by atoms with van der Waals surface area (Å²) < 4.78 is 7.00. The van der Waals surface area contributed by atoms with Gasteiger partial charge in [0.15, 0.2) is 17.9 Å². The van der Waals surface area contributed by atoms with E-state index >= 15 is 0 Å². The van der Waals surface area contributed by atoms with E-state index in [0.29, 0.717) is 0 Å². The molecular weight excluding hydrogens is 230 g/mol. The number of hydrogen-bond acceptors (Lipinski definition) is 4. The van der Waals surface area contributed by atoms with Crippen molar-refractivity contribution >= 4 is 17.9 Å². The van der Waals surface area contributed by atoms with Crippen molar-refractivity contribution in [3.8, 4) is 0 Å². The first-order chi connectivity index (χ1) is 6.20. The minimum absolute atomic E-state index is 1.00. The first-order valence-electron chi connectivity index (χ1n) is 2.57. The number of nitrogens with zero attached hydrogens (tertiary/aromatic N) is 1. The summed E-state index contributed by atoms with van der Waals surface area (Å²) in [7, 11) is 0. The van der Waals surface area contributed by atoms with Crippen molar-refractivity contribution in [2.75, 3.05) is 0 Å². The molecule has 0 spiro atoms. The molecule has 0 saturated carbocycles. The van der Waals surface area contributed by atoms with Gasteiger partial charge in [-0.2, -0.15) is 0 Å². The summed E-state index contributed by atoms with van der Waals surface area (Å²) in [4.78, 5) is 26.7. The van der Waals surface area contributed by atoms with Crippen LogP contribution in [0.5, 0.6) is 0 Å². The Hall–Kier alpha value is -1.56. The van der Waals surface area contributed by atoms with E-state index in [1.807, 2.05) is 0 Å². The van der Waals surface area contributed by atoms with Crippen LogP contribution < -0.4 is 0 Å². The van der Waals surface area contributed by atoms with Crippen LogP contribution in [0.2, 0.25) is 0 Å². The Morgan fingerprint density at radius 2 is 0.786 bits per heavy atom. The van der Waals surface area contributed by atoms with Gasteiger partial charge in [-0.05, 0) is 0 Å². The second-order valence-electron chi connectivity index (χ2n) is 1.18. The van der Waals surface area contributed by atoms with Crippen LogP contribution in [0.1, 0.15) is 0 Å². The minimum atomic E-state index is -1.08. The third-order valence-electron chi connectivity index (χ3n) is 0. The topological polar surface area (TPSA) is 136 Å². The summed E-state index contributed by atoms with van der Waals surface area (Å²) in [6.07, 6.45) is 0. The molecule has 8 heteroatoms. The molecule has 0 heterocycles. The van der Waals surface area contributed by atoms with Gasteiger partial charge in [-0.15, -0.1) is 0 Å². The molecule has 0 aromatic rings. The number of carboxylic acids is 3. The van der Waals surface area contributed by atoms with Crippen LogP contribution in [0, 0.1) is 24.4 Å². The van der Waals surface area contributed by atoms with E-state index in [1.165, 1.54) is 0 Å². The zero-order valence-corrected chi connectivity index (χ0v) is 8.70. The third kappa shape index (κ3) is 385. The zero-order valence-electron chi connectivity index (χ0n) is 7.13. The molecule has 0 aromatic heterocycles. The molecule has 0 rings (SSSR count). The molecule has 81 valence electrons. The predicted molar refractivity (Wildman–Crippen MR) is 40.7 cm³/mol. The molecule has 0 unspecified atom stereocenters. The van der Waals surface area contributed by atoms with Gasteiger partial charge in [-0.1, -0.05) is 0 Å². The Balaban J connectivity index is -0.0000000492. The van der Waals surface area contributed by atoms with Gasteiger partial charge in [0.25, 0.3) is 0 Å². The molecular formula is C6H9NO6Ti-3. The molecule has 14 heavy (non-hydrogen) atoms. The molecule has 0 atom stereocenters. The average molecular weight is 239 g/mol. The van der Waals surface area contributed by atoms with Gasteiger partial charge < -0.3 is 15.3 Å². The number of carbonyl (C=O) groups is 3. The van der Waals surface area contributed by atoms with E-state index in [4.69, 9.17) is 33.4 Å². The van der Waals surface area contributed by atoms with Crippen LogP contribution in [0.15, 0.2) is 0 Å². The van der Waals surface area contributed by atoms with Gasteiger partial charge in [0.1, 0.15) is 0 Å². The van der Waals surface area contributed by atoms with Crippen molar-refractivity contribution in [2.24, 2.45) is 0 Å². The Morgan fingerprint density at radius 1 is 0.786 bits per heavy atom. The number of rotatable bonds is 0. The fraction of sp³-hybridized carbons (Fsp3) is 0. The quantitative estimate of drug-likeness (QED) is 0.390. The van der Waals surface area contributed by atoms with Crippen LogP contribution in [0.3, 0.4) is 0 Å². The van der Waals surface area contributed by atoms with E-state index in [0.717, 1.165) is 20.1 Å². The first-order valence-corrected chi connectivity index (χ1v) is 3.27. The van der Waals surface area contributed by atoms with Gasteiger partial charge in [0.2, 0.25) is 0 Å². The molecule has 3 N–H and O–H groups in total. The molecule has 0 bridgehead atoms. The number of aliphatic carboxylic acids is 3. The van der Waals surface area contributed by atoms with Crippen molar-refractivity contribution in [2.45, 2.75) is 0 Å². The molecule has 7 nitrogen and oxygen atoms in total. The first kappa shape index (κ1) is 22.9. The van der Waals surface area contributed by atoms with Crippen LogP contribution in [-0.4, -0.2) is 33.2 Å². The molecule has 0 aliphatic heterocycles. The Kier molecular flexibility index (Phi) is 36.8. The van der Waals surface area contributed by atoms with Crippen LogP contribution in [-0.2, 0) is 34.5 Å². The standard InChI is InChI=1S/3C2H3O2.N.Ti/c3*1-2(3)4;;/h3*1H2,(H,3,4);;/q3*-1;;. The molecule has 0 radical (unpaired) electrons. The fourth-order valence-electron chi connectivity index (χ4n) is 0. The van der Waals surface area contributed by atoms with E-state index in [2.05, 4.69) is 20.8 Å². The summed E-state index contributed by atoms with van der Waals surface area (Å²) in [5, 5.41) is 21.9. The molecule has 0 aliphatic rings. The third-order valence-corrected chi connectivity index (χ3v) is 0. The number of hydrogen-bond donors (Lipinski definition) is 3. The van der Waals surface area contributed by atoms with E-state index in [1.54, 1.807) is 0 Å². The van der Waals surface area contributed by atoms with Crippen molar-refractivity contribution < 1.29 is 49.8 Å². The second-order valence-corrected chi connectivity index (χ2v) is 1.18. The Labute approximate surface area is 92.4 Å². The van der Waals surface area contributed by atoms with Crippen molar-refractivity contribution in [1.29, 1.82) is 3.65 Å². The second kappa shape index (κ2) is 22.5. The van der Waals surface area contributed by atoms with E-state index in [-0.39, 0.29) is 0 Å². The van der Waals surface area contributed by atoms with Gasteiger partial charge in [0.05, 0.1) is 0 Å². The van der Waals surface area contributed by atoms with Crippen molar-refractivity contribution in [1.82, 2.24) is 0 Å². The predicted octanol–water partition coefficient (Wildman–Crippen LogP) is -0.272. The van der Waals surface area contributed by atoms with E-state index < -0.39 is 17.9 Å². The summed E-state index contributed by atoms with van der Waals surface area (Å²) in [5.41, 5.74) is 0. The molecule has 0 fully saturated rings. The van der Waals surface area contributed by atoms with Gasteiger partial charge in [0, 0.05) is 0 Å². The molecule has 0 saturated heterocycles. The van der Waals surface area contributed by atoms with Crippen molar-refractivity contribution in [3.63, 3.8) is 0 Å². The van der Waals surface area contributed by atoms with Crippen LogP contribution in [0.25, 0.3) is 0 Å². The van der Waals surface area contributed by atoms with Crippen LogP contribution in [0.4, 0.5) is 0 Å². The normalized spacial score (nSPS) is 5.50. The fourth-order valence-corrected chi connectivity index (χ4v) is 0. The van der Waals surface area contributed by atoms with E-state index in [9.17, 15) is 0 Å². The van der Waals surface area contributed by atoms with Gasteiger partial charge in [-0.25, -0.2) is 0 Å². The molecule has 0 aromatic carbocycles. The summed E-state index contributed by atoms with van der Waals surface area (Å²) >= 11 is 1.00. The average Bonchev–Trinajstić information content (AvgIpc) is 1.86. The maximum atomic E-state index is 8.89. The summed E-state index contributed by atoms with van der Waals surface area (Å²) in [6, 6.07) is 0. The SMILES string of the molecule is [CH2-]C(=O)O.[CH2-]C(=O)O.[CH2-]C(=O)O.[N]#[Ti]. The van der Waals surface area contributed by atoms with Crippen LogP contribution >= 0.6 is 0 Å². The van der Waals surface area contributed by atoms with Gasteiger partial charge >= 0.3 is 23.7 Å². The monoisotopic (exact) mass is 239 g/mol. The Morgan fingerprint density at radius 3 is 0.786 bits per heavy atom.